The molecule has 4 aromatic carbocycles. The molecule has 2 atom stereocenters. The van der Waals surface area contributed by atoms with Crippen LogP contribution in [-0.2, 0) is 35.4 Å². The third-order valence-corrected chi connectivity index (χ3v) is 15.4. The predicted octanol–water partition coefficient (Wildman–Crippen LogP) is 15.3. The van der Waals surface area contributed by atoms with Crippen LogP contribution in [-0.4, -0.2) is 75.3 Å². The maximum Gasteiger partial charge on any atom is 0.410 e. The van der Waals surface area contributed by atoms with Crippen molar-refractivity contribution in [2.75, 3.05) is 13.1 Å². The van der Waals surface area contributed by atoms with Gasteiger partial charge in [0.1, 0.15) is 33.9 Å². The molecule has 424 valence electrons. The lowest BCUT2D eigenvalue weighted by atomic mass is 9.90. The van der Waals surface area contributed by atoms with Crippen molar-refractivity contribution in [3.8, 4) is 34.4 Å². The number of imidazole rings is 2. The fourth-order valence-corrected chi connectivity index (χ4v) is 11.6. The summed E-state index contributed by atoms with van der Waals surface area (Å²) in [5.74, 6) is 2.04. The van der Waals surface area contributed by atoms with E-state index >= 15 is 0 Å². The van der Waals surface area contributed by atoms with E-state index in [4.69, 9.17) is 29.4 Å². The van der Waals surface area contributed by atoms with Crippen molar-refractivity contribution in [2.45, 2.75) is 171 Å². The summed E-state index contributed by atoms with van der Waals surface area (Å²) in [6.45, 7) is 26.5. The van der Waals surface area contributed by atoms with Crippen LogP contribution in [0.25, 0.3) is 44.6 Å². The monoisotopic (exact) mass is 1100 g/mol. The Morgan fingerprint density at radius 3 is 1.26 bits per heavy atom. The van der Waals surface area contributed by atoms with Gasteiger partial charge in [0.2, 0.25) is 0 Å². The number of pyridine rings is 2. The molecule has 0 aliphatic carbocycles. The number of aromatic nitrogens is 6. The minimum absolute atomic E-state index is 0.0780. The highest BCUT2D eigenvalue weighted by Crippen LogP contribution is 2.38. The van der Waals surface area contributed by atoms with Crippen LogP contribution in [0, 0.1) is 50.4 Å². The van der Waals surface area contributed by atoms with E-state index in [9.17, 15) is 20.1 Å². The molecule has 0 bridgehead atoms. The van der Waals surface area contributed by atoms with Crippen molar-refractivity contribution in [2.24, 2.45) is 0 Å². The predicted molar refractivity (Wildman–Crippen MR) is 323 cm³/mol. The topological polar surface area (TPSA) is 168 Å². The maximum absolute atomic E-state index is 13.0. The van der Waals surface area contributed by atoms with E-state index < -0.39 is 11.2 Å². The Hall–Kier alpha value is -8.36. The van der Waals surface area contributed by atoms with Gasteiger partial charge in [-0.15, -0.1) is 0 Å². The average molecular weight is 1100 g/mol. The van der Waals surface area contributed by atoms with Crippen molar-refractivity contribution in [3.05, 3.63) is 165 Å². The van der Waals surface area contributed by atoms with E-state index in [-0.39, 0.29) is 24.3 Å². The largest absolute Gasteiger partial charge is 0.444 e. The van der Waals surface area contributed by atoms with Gasteiger partial charge in [-0.05, 0) is 200 Å². The highest BCUT2D eigenvalue weighted by atomic mass is 16.6. The Bertz CT molecular complexity index is 3490. The summed E-state index contributed by atoms with van der Waals surface area (Å²) in [5.41, 5.74) is 16.2. The van der Waals surface area contributed by atoms with Gasteiger partial charge in [-0.3, -0.25) is 0 Å². The number of rotatable bonds is 10. The van der Waals surface area contributed by atoms with Crippen LogP contribution in [0.15, 0.2) is 97.1 Å². The van der Waals surface area contributed by atoms with Crippen molar-refractivity contribution in [1.82, 2.24) is 38.9 Å². The van der Waals surface area contributed by atoms with Crippen LogP contribution in [0.1, 0.15) is 174 Å². The summed E-state index contributed by atoms with van der Waals surface area (Å²) in [5, 5.41) is 19.9. The number of ether oxygens (including phenoxy) is 2. The molecule has 2 aliphatic heterocycles. The number of hydrogen-bond donors (Lipinski definition) is 0. The van der Waals surface area contributed by atoms with Crippen LogP contribution < -0.4 is 0 Å². The van der Waals surface area contributed by atoms with Crippen LogP contribution in [0.4, 0.5) is 9.59 Å². The van der Waals surface area contributed by atoms with Crippen molar-refractivity contribution < 1.29 is 19.1 Å². The minimum atomic E-state index is -0.550. The molecule has 2 unspecified atom stereocenters. The van der Waals surface area contributed by atoms with Gasteiger partial charge in [0.15, 0.2) is 11.3 Å². The van der Waals surface area contributed by atoms with Crippen LogP contribution >= 0.6 is 0 Å². The molecule has 14 nitrogen and oxygen atoms in total. The van der Waals surface area contributed by atoms with Gasteiger partial charge < -0.3 is 28.4 Å². The smallest absolute Gasteiger partial charge is 0.410 e. The zero-order valence-electron chi connectivity index (χ0n) is 50.0. The molecule has 0 spiro atoms. The molecule has 0 N–H and O–H groups in total. The van der Waals surface area contributed by atoms with Gasteiger partial charge in [0.25, 0.3) is 0 Å². The third kappa shape index (κ3) is 13.0. The molecule has 10 rings (SSSR count). The Kier molecular flexibility index (Phi) is 17.3. The van der Waals surface area contributed by atoms with Gasteiger partial charge >= 0.3 is 12.2 Å². The number of nitrogens with zero attached hydrogens (tertiary/aromatic N) is 10. The highest BCUT2D eigenvalue weighted by Gasteiger charge is 2.34. The molecular weight excluding hydrogens is 1020 g/mol. The van der Waals surface area contributed by atoms with Crippen molar-refractivity contribution in [3.63, 3.8) is 0 Å². The summed E-state index contributed by atoms with van der Waals surface area (Å²) in [4.78, 5) is 49.2. The van der Waals surface area contributed by atoms with Gasteiger partial charge in [-0.1, -0.05) is 74.5 Å². The van der Waals surface area contributed by atoms with Gasteiger partial charge in [0.05, 0.1) is 48.4 Å². The van der Waals surface area contributed by atoms with Crippen LogP contribution in [0.2, 0.25) is 0 Å². The SMILES string of the molecule is CCc1nc2c(C)cc(C)nc2n1Cc1ccc(-c2cc(C3CCCCN3C(=O)OC(C)(C)C)ccc2C#N)cc1.CCc1nc2c(C)cc(C)nc2n1Cc1ccc(-c2cc(C3CCCCN3C(=O)OC(C)(C)C)ccc2C#N)cc1. The molecule has 6 heterocycles. The van der Waals surface area contributed by atoms with Crippen molar-refractivity contribution in [1.29, 1.82) is 10.5 Å². The van der Waals surface area contributed by atoms with E-state index in [1.807, 2.05) is 89.5 Å². The van der Waals surface area contributed by atoms with E-state index in [0.717, 1.165) is 152 Å². The van der Waals surface area contributed by atoms with Crippen LogP contribution in [0.5, 0.6) is 0 Å². The van der Waals surface area contributed by atoms with Gasteiger partial charge in [-0.2, -0.15) is 10.5 Å². The van der Waals surface area contributed by atoms with Crippen molar-refractivity contribution >= 4 is 34.5 Å². The lowest BCUT2D eigenvalue weighted by Crippen LogP contribution is -2.41. The first-order valence-electron chi connectivity index (χ1n) is 29.1. The van der Waals surface area contributed by atoms with Crippen LogP contribution in [0.3, 0.4) is 0 Å². The number of carbonyl (C=O) groups excluding carboxylic acids is 2. The van der Waals surface area contributed by atoms with E-state index in [1.165, 1.54) is 0 Å². The Labute approximate surface area is 483 Å². The summed E-state index contributed by atoms with van der Waals surface area (Å²) in [6.07, 6.45) is 6.84. The van der Waals surface area contributed by atoms with Gasteiger partial charge in [0, 0.05) is 37.3 Å². The first-order chi connectivity index (χ1) is 39.1. The quantitative estimate of drug-likeness (QED) is 0.128. The Balaban J connectivity index is 0.000000198. The standard InChI is InChI=1S/2C34H39N5O2/c2*1-7-30-37-31-22(2)18-23(3)36-32(31)39(30)21-24-11-13-25(14-12-24)28-19-26(15-16-27(28)20-35)29-10-8-9-17-38(29)33(40)41-34(4,5)6/h2*11-16,18-19,29H,7-10,17,21H2,1-6H3. The molecule has 2 fully saturated rings. The molecule has 2 amide bonds. The van der Waals surface area contributed by atoms with E-state index in [0.29, 0.717) is 37.3 Å². The number of likely N-dealkylation sites (tertiary alicyclic amines) is 2. The molecule has 82 heavy (non-hydrogen) atoms. The number of benzene rings is 4. The lowest BCUT2D eigenvalue weighted by Gasteiger charge is -2.37. The molecule has 8 aromatic rings. The fourth-order valence-electron chi connectivity index (χ4n) is 11.6. The summed E-state index contributed by atoms with van der Waals surface area (Å²) < 4.78 is 15.9. The zero-order chi connectivity index (χ0) is 58.6. The Morgan fingerprint density at radius 1 is 0.537 bits per heavy atom. The van der Waals surface area contributed by atoms with E-state index in [1.54, 1.807) is 0 Å². The molecular formula is C68H78N10O4. The summed E-state index contributed by atoms with van der Waals surface area (Å²) in [7, 11) is 0. The Morgan fingerprint density at radius 2 is 0.915 bits per heavy atom. The number of amides is 2. The second kappa shape index (κ2) is 24.4. The number of aryl methyl sites for hydroxylation is 6. The van der Waals surface area contributed by atoms with Gasteiger partial charge in [-0.25, -0.2) is 29.5 Å². The molecule has 14 heteroatoms. The highest BCUT2D eigenvalue weighted by molar-refractivity contribution is 5.78. The molecule has 0 saturated carbocycles. The fraction of sp³-hybridized carbons (Fsp3) is 0.412. The molecule has 4 aromatic heterocycles. The second-order valence-electron chi connectivity index (χ2n) is 24.0. The first-order valence-corrected chi connectivity index (χ1v) is 29.1. The number of piperidine rings is 2. The maximum atomic E-state index is 13.0. The molecule has 0 radical (unpaired) electrons. The number of nitriles is 2. The number of carbonyl (C=O) groups is 2. The zero-order valence-corrected chi connectivity index (χ0v) is 50.0. The second-order valence-corrected chi connectivity index (χ2v) is 24.0. The number of hydrogen-bond acceptors (Lipinski definition) is 10. The summed E-state index contributed by atoms with van der Waals surface area (Å²) in [6, 6.07) is 37.4. The minimum Gasteiger partial charge on any atom is -0.444 e. The molecule has 2 saturated heterocycles. The molecule has 2 aliphatic rings. The normalized spacial score (nSPS) is 15.6. The third-order valence-electron chi connectivity index (χ3n) is 15.4. The number of fused-ring (bicyclic) bond motifs is 2. The summed E-state index contributed by atoms with van der Waals surface area (Å²) >= 11 is 0. The average Bonchev–Trinajstić information content (AvgIpc) is 3.72. The van der Waals surface area contributed by atoms with E-state index in [2.05, 4.69) is 122 Å². The first kappa shape index (κ1) is 58.3. The lowest BCUT2D eigenvalue weighted by molar-refractivity contribution is 0.00853.